The molecule has 5 nitrogen and oxygen atoms in total. The molecule has 6 bridgehead atoms. The van der Waals surface area contributed by atoms with E-state index in [1.54, 1.807) is 12.1 Å². The third-order valence-corrected chi connectivity index (χ3v) is 14.0. The van der Waals surface area contributed by atoms with Gasteiger partial charge in [0.15, 0.2) is 8.32 Å². The molecular formula is C26H36O5Si. The minimum Gasteiger partial charge on any atom is -0.469 e. The first-order valence-electron chi connectivity index (χ1n) is 12.0. The topological polar surface area (TPSA) is 61.8 Å². The van der Waals surface area contributed by atoms with Crippen molar-refractivity contribution in [3.8, 4) is 0 Å². The SMILES string of the molecule is COC(=O)C12C[C@H](O[Si](C)(C)C(C)(C)C)CCC3C4C(C(OC(=O)c5ccccc5)C31)C42. The van der Waals surface area contributed by atoms with Crippen molar-refractivity contribution in [2.45, 2.75) is 70.4 Å². The summed E-state index contributed by atoms with van der Waals surface area (Å²) in [6.07, 6.45) is 2.59. The van der Waals surface area contributed by atoms with Gasteiger partial charge in [0, 0.05) is 17.9 Å². The Hall–Kier alpha value is -1.66. The summed E-state index contributed by atoms with van der Waals surface area (Å²) in [6, 6.07) is 9.17. The fraction of sp³-hybridized carbons (Fsp3) is 0.692. The van der Waals surface area contributed by atoms with Crippen molar-refractivity contribution in [2.75, 3.05) is 7.11 Å². The van der Waals surface area contributed by atoms with Crippen LogP contribution in [0.15, 0.2) is 30.3 Å². The molecule has 174 valence electrons. The summed E-state index contributed by atoms with van der Waals surface area (Å²) in [4.78, 5) is 26.3. The first-order chi connectivity index (χ1) is 15.0. The molecule has 5 aliphatic carbocycles. The predicted molar refractivity (Wildman–Crippen MR) is 123 cm³/mol. The molecule has 0 spiro atoms. The minimum atomic E-state index is -1.96. The number of ether oxygens (including phenoxy) is 2. The van der Waals surface area contributed by atoms with Crippen LogP contribution in [0.25, 0.3) is 0 Å². The molecule has 0 amide bonds. The Kier molecular flexibility index (Phi) is 4.96. The number of hydrogen-bond donors (Lipinski definition) is 0. The van der Waals surface area contributed by atoms with Crippen LogP contribution in [-0.2, 0) is 18.7 Å². The van der Waals surface area contributed by atoms with Crippen molar-refractivity contribution in [3.05, 3.63) is 35.9 Å². The lowest BCUT2D eigenvalue weighted by Gasteiger charge is -2.41. The van der Waals surface area contributed by atoms with E-state index in [9.17, 15) is 9.59 Å². The summed E-state index contributed by atoms with van der Waals surface area (Å²) >= 11 is 0. The van der Waals surface area contributed by atoms with Gasteiger partial charge in [0.2, 0.25) is 0 Å². The van der Waals surface area contributed by atoms with E-state index in [4.69, 9.17) is 13.9 Å². The molecule has 6 rings (SSSR count). The molecule has 1 aromatic carbocycles. The summed E-state index contributed by atoms with van der Waals surface area (Å²) in [6.45, 7) is 11.3. The van der Waals surface area contributed by atoms with Crippen molar-refractivity contribution in [3.63, 3.8) is 0 Å². The number of rotatable bonds is 5. The second-order valence-corrected chi connectivity index (χ2v) is 16.7. The average Bonchev–Trinajstić information content (AvgIpc) is 3.25. The van der Waals surface area contributed by atoms with Crippen LogP contribution in [0.3, 0.4) is 0 Å². The van der Waals surface area contributed by atoms with Gasteiger partial charge in [-0.3, -0.25) is 4.79 Å². The maximum absolute atomic E-state index is 13.4. The highest BCUT2D eigenvalue weighted by Crippen LogP contribution is 2.84. The highest BCUT2D eigenvalue weighted by Gasteiger charge is 2.87. The van der Waals surface area contributed by atoms with Crippen LogP contribution >= 0.6 is 0 Å². The molecule has 8 atom stereocenters. The normalized spacial score (nSPS) is 39.4. The van der Waals surface area contributed by atoms with Gasteiger partial charge in [0.25, 0.3) is 0 Å². The maximum Gasteiger partial charge on any atom is 0.338 e. The summed E-state index contributed by atoms with van der Waals surface area (Å²) in [5.74, 6) is 1.13. The smallest absolute Gasteiger partial charge is 0.338 e. The fourth-order valence-electron chi connectivity index (χ4n) is 7.30. The van der Waals surface area contributed by atoms with E-state index in [0.29, 0.717) is 29.7 Å². The van der Waals surface area contributed by atoms with Gasteiger partial charge in [-0.2, -0.15) is 0 Å². The Morgan fingerprint density at radius 1 is 1.03 bits per heavy atom. The number of carbonyl (C=O) groups is 2. The van der Waals surface area contributed by atoms with E-state index < -0.39 is 13.7 Å². The van der Waals surface area contributed by atoms with E-state index in [2.05, 4.69) is 33.9 Å². The first-order valence-corrected chi connectivity index (χ1v) is 15.0. The summed E-state index contributed by atoms with van der Waals surface area (Å²) in [7, 11) is -0.463. The standard InChI is InChI=1S/C26H36O5Si/c1-25(2,3)32(5,6)31-16-12-13-17-18-19-21(18)26(14-16,24(28)29-4)20(17)22(19)30-23(27)15-10-8-7-9-11-15/h7-11,16-22H,12-14H2,1-6H3/t16-,17?,18?,19?,20?,21?,22?,26?/m1/s1. The van der Waals surface area contributed by atoms with E-state index in [0.717, 1.165) is 12.8 Å². The molecule has 0 aromatic heterocycles. The van der Waals surface area contributed by atoms with Crippen molar-refractivity contribution in [1.29, 1.82) is 0 Å². The number of benzene rings is 1. The maximum atomic E-state index is 13.4. The van der Waals surface area contributed by atoms with Crippen LogP contribution in [0.2, 0.25) is 18.1 Å². The van der Waals surface area contributed by atoms with Crippen molar-refractivity contribution in [2.24, 2.45) is 35.0 Å². The third-order valence-electron chi connectivity index (χ3n) is 9.48. The van der Waals surface area contributed by atoms with Crippen LogP contribution in [-0.4, -0.2) is 39.6 Å². The molecule has 0 aliphatic heterocycles. The van der Waals surface area contributed by atoms with Crippen LogP contribution in [0.1, 0.15) is 50.4 Å². The summed E-state index contributed by atoms with van der Waals surface area (Å²) in [5, 5.41) is 0.120. The van der Waals surface area contributed by atoms with Gasteiger partial charge in [-0.05, 0) is 67.3 Å². The van der Waals surface area contributed by atoms with Crippen LogP contribution < -0.4 is 0 Å². The lowest BCUT2D eigenvalue weighted by Crippen LogP contribution is -2.47. The molecule has 5 fully saturated rings. The van der Waals surface area contributed by atoms with Gasteiger partial charge in [-0.1, -0.05) is 39.0 Å². The molecule has 6 heteroatoms. The molecule has 7 unspecified atom stereocenters. The van der Waals surface area contributed by atoms with Gasteiger partial charge in [0.05, 0.1) is 18.1 Å². The van der Waals surface area contributed by atoms with Crippen molar-refractivity contribution in [1.82, 2.24) is 0 Å². The van der Waals surface area contributed by atoms with E-state index in [1.165, 1.54) is 7.11 Å². The summed E-state index contributed by atoms with van der Waals surface area (Å²) in [5.41, 5.74) is 0.00272. The Balaban J connectivity index is 1.43. The van der Waals surface area contributed by atoms with Gasteiger partial charge >= 0.3 is 11.9 Å². The minimum absolute atomic E-state index is 0.0515. The molecule has 1 aromatic rings. The van der Waals surface area contributed by atoms with Gasteiger partial charge in [-0.25, -0.2) is 4.79 Å². The zero-order valence-corrected chi connectivity index (χ0v) is 21.1. The van der Waals surface area contributed by atoms with E-state index in [-0.39, 0.29) is 41.0 Å². The molecule has 0 heterocycles. The van der Waals surface area contributed by atoms with Crippen LogP contribution in [0, 0.1) is 35.0 Å². The zero-order chi connectivity index (χ0) is 23.1. The Morgan fingerprint density at radius 3 is 2.34 bits per heavy atom. The molecule has 0 N–H and O–H groups in total. The van der Waals surface area contributed by atoms with Gasteiger partial charge in [-0.15, -0.1) is 0 Å². The second-order valence-electron chi connectivity index (χ2n) is 11.9. The molecule has 32 heavy (non-hydrogen) atoms. The lowest BCUT2D eigenvalue weighted by atomic mass is 9.73. The molecule has 0 radical (unpaired) electrons. The Bertz CT molecular complexity index is 922. The molecule has 5 saturated carbocycles. The zero-order valence-electron chi connectivity index (χ0n) is 20.1. The fourth-order valence-corrected chi connectivity index (χ4v) is 8.69. The van der Waals surface area contributed by atoms with Crippen molar-refractivity contribution >= 4 is 20.3 Å². The highest BCUT2D eigenvalue weighted by molar-refractivity contribution is 6.74. The van der Waals surface area contributed by atoms with E-state index in [1.807, 2.05) is 18.2 Å². The number of carbonyl (C=O) groups excluding carboxylic acids is 2. The number of hydrogen-bond acceptors (Lipinski definition) is 5. The quantitative estimate of drug-likeness (QED) is 0.457. The predicted octanol–water partition coefficient (Wildman–Crippen LogP) is 5.07. The van der Waals surface area contributed by atoms with Crippen LogP contribution in [0.4, 0.5) is 0 Å². The lowest BCUT2D eigenvalue weighted by molar-refractivity contribution is -0.159. The summed E-state index contributed by atoms with van der Waals surface area (Å²) < 4.78 is 18.4. The Labute approximate surface area is 192 Å². The largest absolute Gasteiger partial charge is 0.469 e. The highest BCUT2D eigenvalue weighted by atomic mass is 28.4. The number of esters is 2. The van der Waals surface area contributed by atoms with Gasteiger partial charge < -0.3 is 13.9 Å². The van der Waals surface area contributed by atoms with Gasteiger partial charge in [0.1, 0.15) is 6.10 Å². The molecule has 0 saturated heterocycles. The van der Waals surface area contributed by atoms with Crippen molar-refractivity contribution < 1.29 is 23.5 Å². The first kappa shape index (κ1) is 22.1. The third kappa shape index (κ3) is 2.98. The van der Waals surface area contributed by atoms with Crippen LogP contribution in [0.5, 0.6) is 0 Å². The Morgan fingerprint density at radius 2 is 1.72 bits per heavy atom. The number of methoxy groups -OCH3 is 1. The van der Waals surface area contributed by atoms with E-state index >= 15 is 0 Å². The average molecular weight is 457 g/mol. The molecular weight excluding hydrogens is 420 g/mol. The monoisotopic (exact) mass is 456 g/mol. The molecule has 5 aliphatic rings. The second kappa shape index (κ2) is 7.17.